The molecule has 0 radical (unpaired) electrons. The third-order valence-corrected chi connectivity index (χ3v) is 3.31. The van der Waals surface area contributed by atoms with Gasteiger partial charge in [-0.05, 0) is 44.3 Å². The number of benzene rings is 1. The summed E-state index contributed by atoms with van der Waals surface area (Å²) in [6, 6.07) is 3.73. The van der Waals surface area contributed by atoms with Crippen molar-refractivity contribution in [1.82, 2.24) is 5.32 Å². The summed E-state index contributed by atoms with van der Waals surface area (Å²) in [7, 11) is 0. The smallest absolute Gasteiger partial charge is 0.314 e. The molecule has 1 aliphatic heterocycles. The van der Waals surface area contributed by atoms with Crippen LogP contribution in [0.2, 0.25) is 0 Å². The van der Waals surface area contributed by atoms with Crippen molar-refractivity contribution in [3.63, 3.8) is 0 Å². The average molecular weight is 268 g/mol. The van der Waals surface area contributed by atoms with E-state index in [-0.39, 0.29) is 11.4 Å². The fourth-order valence-corrected chi connectivity index (χ4v) is 2.28. The second kappa shape index (κ2) is 6.47. The van der Waals surface area contributed by atoms with E-state index in [1.165, 1.54) is 18.2 Å². The molecule has 0 aliphatic carbocycles. The van der Waals surface area contributed by atoms with Gasteiger partial charge in [0, 0.05) is 6.07 Å². The topological polar surface area (TPSA) is 64.4 Å². The molecule has 19 heavy (non-hydrogen) atoms. The van der Waals surface area contributed by atoms with Crippen molar-refractivity contribution in [2.45, 2.75) is 19.3 Å². The van der Waals surface area contributed by atoms with Crippen LogP contribution >= 0.6 is 0 Å². The highest BCUT2D eigenvalue weighted by Gasteiger charge is 2.20. The lowest BCUT2D eigenvalue weighted by Crippen LogP contribution is -2.30. The summed E-state index contributed by atoms with van der Waals surface area (Å²) < 4.78 is 18.8. The molecule has 0 spiro atoms. The predicted molar refractivity (Wildman–Crippen MR) is 68.8 cm³/mol. The van der Waals surface area contributed by atoms with Crippen LogP contribution in [0, 0.1) is 21.8 Å². The van der Waals surface area contributed by atoms with Gasteiger partial charge >= 0.3 is 5.69 Å². The van der Waals surface area contributed by atoms with E-state index in [4.69, 9.17) is 4.74 Å². The fourth-order valence-electron chi connectivity index (χ4n) is 2.28. The van der Waals surface area contributed by atoms with Gasteiger partial charge in [0.1, 0.15) is 0 Å². The number of halogens is 1. The van der Waals surface area contributed by atoms with Crippen molar-refractivity contribution in [3.8, 4) is 5.75 Å². The van der Waals surface area contributed by atoms with Crippen LogP contribution in [-0.2, 0) is 0 Å². The van der Waals surface area contributed by atoms with Crippen molar-refractivity contribution >= 4 is 5.69 Å². The summed E-state index contributed by atoms with van der Waals surface area (Å²) in [6.45, 7) is 2.27. The second-order valence-corrected chi connectivity index (χ2v) is 4.69. The lowest BCUT2D eigenvalue weighted by molar-refractivity contribution is -0.386. The Kier molecular flexibility index (Phi) is 4.68. The largest absolute Gasteiger partial charge is 0.485 e. The maximum atomic E-state index is 13.5. The van der Waals surface area contributed by atoms with E-state index in [9.17, 15) is 14.5 Å². The van der Waals surface area contributed by atoms with Crippen LogP contribution in [-0.4, -0.2) is 24.6 Å². The van der Waals surface area contributed by atoms with Crippen LogP contribution in [0.25, 0.3) is 0 Å². The highest BCUT2D eigenvalue weighted by Crippen LogP contribution is 2.30. The number of hydrogen-bond donors (Lipinski definition) is 1. The third-order valence-electron chi connectivity index (χ3n) is 3.31. The first-order chi connectivity index (χ1) is 9.18. The molecule has 1 N–H and O–H groups in total. The van der Waals surface area contributed by atoms with Gasteiger partial charge in [0.05, 0.1) is 11.5 Å². The minimum atomic E-state index is -0.684. The number of rotatable bonds is 5. The van der Waals surface area contributed by atoms with Gasteiger partial charge in [0.25, 0.3) is 0 Å². The molecule has 0 aromatic heterocycles. The molecule has 5 nitrogen and oxygen atoms in total. The van der Waals surface area contributed by atoms with E-state index in [2.05, 4.69) is 5.32 Å². The Balaban J connectivity index is 1.93. The van der Waals surface area contributed by atoms with Crippen molar-refractivity contribution < 1.29 is 14.1 Å². The number of nitro groups is 1. The number of para-hydroxylation sites is 1. The number of ether oxygens (including phenoxy) is 1. The number of nitro benzene ring substituents is 1. The average Bonchev–Trinajstić information content (AvgIpc) is 2.41. The standard InChI is InChI=1S/C13H17FN2O3/c14-11-4-1-5-12(16(17)18)13(11)19-8-6-10-3-2-7-15-9-10/h1,4-5,10,15H,2-3,6-9H2. The molecule has 2 rings (SSSR count). The van der Waals surface area contributed by atoms with Crippen LogP contribution in [0.4, 0.5) is 10.1 Å². The maximum Gasteiger partial charge on any atom is 0.314 e. The van der Waals surface area contributed by atoms with Crippen molar-refractivity contribution in [1.29, 1.82) is 0 Å². The third kappa shape index (κ3) is 3.64. The zero-order valence-corrected chi connectivity index (χ0v) is 10.6. The monoisotopic (exact) mass is 268 g/mol. The van der Waals surface area contributed by atoms with E-state index in [1.807, 2.05) is 0 Å². The van der Waals surface area contributed by atoms with E-state index in [0.29, 0.717) is 12.5 Å². The quantitative estimate of drug-likeness (QED) is 0.658. The molecule has 0 saturated carbocycles. The summed E-state index contributed by atoms with van der Waals surface area (Å²) in [6.07, 6.45) is 3.03. The first-order valence-electron chi connectivity index (χ1n) is 6.45. The van der Waals surface area contributed by atoms with Gasteiger partial charge in [-0.3, -0.25) is 10.1 Å². The van der Waals surface area contributed by atoms with Gasteiger partial charge < -0.3 is 10.1 Å². The molecule has 1 heterocycles. The molecule has 0 bridgehead atoms. The molecule has 1 fully saturated rings. The molecule has 1 saturated heterocycles. The van der Waals surface area contributed by atoms with Gasteiger partial charge in [0.2, 0.25) is 5.75 Å². The number of nitrogens with one attached hydrogen (secondary N) is 1. The van der Waals surface area contributed by atoms with Crippen molar-refractivity contribution in [2.24, 2.45) is 5.92 Å². The number of piperidine rings is 1. The predicted octanol–water partition coefficient (Wildman–Crippen LogP) is 2.50. The van der Waals surface area contributed by atoms with Crippen LogP contribution in [0.15, 0.2) is 18.2 Å². The molecular weight excluding hydrogens is 251 g/mol. The molecule has 1 atom stereocenters. The second-order valence-electron chi connectivity index (χ2n) is 4.69. The highest BCUT2D eigenvalue weighted by atomic mass is 19.1. The Hall–Kier alpha value is -1.69. The summed E-state index contributed by atoms with van der Waals surface area (Å²) in [5.41, 5.74) is -0.318. The fraction of sp³-hybridized carbons (Fsp3) is 0.538. The SMILES string of the molecule is O=[N+]([O-])c1cccc(F)c1OCCC1CCCNC1. The molecule has 1 aliphatic rings. The van der Waals surface area contributed by atoms with Crippen LogP contribution < -0.4 is 10.1 Å². The van der Waals surface area contributed by atoms with Crippen LogP contribution in [0.3, 0.4) is 0 Å². The lowest BCUT2D eigenvalue weighted by atomic mass is 9.97. The van der Waals surface area contributed by atoms with E-state index >= 15 is 0 Å². The summed E-state index contributed by atoms with van der Waals surface area (Å²) in [4.78, 5) is 10.2. The van der Waals surface area contributed by atoms with E-state index < -0.39 is 10.7 Å². The van der Waals surface area contributed by atoms with E-state index in [0.717, 1.165) is 32.4 Å². The minimum absolute atomic E-state index is 0.253. The highest BCUT2D eigenvalue weighted by molar-refractivity contribution is 5.46. The Morgan fingerprint density at radius 3 is 3.05 bits per heavy atom. The van der Waals surface area contributed by atoms with Crippen LogP contribution in [0.1, 0.15) is 19.3 Å². The molecule has 1 aromatic carbocycles. The zero-order valence-electron chi connectivity index (χ0n) is 10.6. The number of hydrogen-bond acceptors (Lipinski definition) is 4. The maximum absolute atomic E-state index is 13.5. The van der Waals surface area contributed by atoms with Crippen molar-refractivity contribution in [2.75, 3.05) is 19.7 Å². The summed E-state index contributed by atoms with van der Waals surface area (Å²) in [5.74, 6) is -0.438. The summed E-state index contributed by atoms with van der Waals surface area (Å²) in [5, 5.41) is 14.1. The molecule has 0 amide bonds. The molecular formula is C13H17FN2O3. The minimum Gasteiger partial charge on any atom is -0.485 e. The lowest BCUT2D eigenvalue weighted by Gasteiger charge is -2.22. The Labute approximate surface area is 110 Å². The normalized spacial score (nSPS) is 19.1. The first kappa shape index (κ1) is 13.7. The van der Waals surface area contributed by atoms with Gasteiger partial charge in [-0.15, -0.1) is 0 Å². The van der Waals surface area contributed by atoms with Gasteiger partial charge in [-0.25, -0.2) is 4.39 Å². The Morgan fingerprint density at radius 2 is 2.37 bits per heavy atom. The van der Waals surface area contributed by atoms with Crippen molar-refractivity contribution in [3.05, 3.63) is 34.1 Å². The number of nitrogens with zero attached hydrogens (tertiary/aromatic N) is 1. The first-order valence-corrected chi connectivity index (χ1v) is 6.45. The molecule has 104 valence electrons. The molecule has 1 aromatic rings. The van der Waals surface area contributed by atoms with Gasteiger partial charge in [0.15, 0.2) is 5.82 Å². The van der Waals surface area contributed by atoms with Crippen LogP contribution in [0.5, 0.6) is 5.75 Å². The Morgan fingerprint density at radius 1 is 1.53 bits per heavy atom. The Bertz CT molecular complexity index is 448. The molecule has 1 unspecified atom stereocenters. The van der Waals surface area contributed by atoms with E-state index in [1.54, 1.807) is 0 Å². The van der Waals surface area contributed by atoms with Gasteiger partial charge in [-0.2, -0.15) is 0 Å². The zero-order chi connectivity index (χ0) is 13.7. The summed E-state index contributed by atoms with van der Waals surface area (Å²) >= 11 is 0. The van der Waals surface area contributed by atoms with Gasteiger partial charge in [-0.1, -0.05) is 6.07 Å². The molecule has 6 heteroatoms.